The molecular weight excluding hydrogens is 512 g/mol. The van der Waals surface area contributed by atoms with E-state index < -0.39 is 10.0 Å². The molecule has 0 saturated carbocycles. The highest BCUT2D eigenvalue weighted by molar-refractivity contribution is 7.92. The maximum absolute atomic E-state index is 13.0. The molecule has 0 fully saturated rings. The SMILES string of the molecule is Cc1ccc(N(Cc2ccc(C(=O)Nc3ccccc3C(=O)NCc3cccnc3)cc2)S(C)(=O)=O)cc1C. The first kappa shape index (κ1) is 27.5. The Bertz CT molecular complexity index is 1590. The second kappa shape index (κ2) is 11.9. The van der Waals surface area contributed by atoms with Crippen molar-refractivity contribution in [2.75, 3.05) is 15.9 Å². The van der Waals surface area contributed by atoms with Crippen LogP contribution < -0.4 is 14.9 Å². The summed E-state index contributed by atoms with van der Waals surface area (Å²) in [6, 6.07) is 22.7. The van der Waals surface area contributed by atoms with Crippen molar-refractivity contribution in [2.24, 2.45) is 0 Å². The Kier molecular flexibility index (Phi) is 8.41. The summed E-state index contributed by atoms with van der Waals surface area (Å²) >= 11 is 0. The summed E-state index contributed by atoms with van der Waals surface area (Å²) in [6.45, 7) is 4.35. The molecule has 8 nitrogen and oxygen atoms in total. The van der Waals surface area contributed by atoms with E-state index in [0.717, 1.165) is 22.3 Å². The van der Waals surface area contributed by atoms with Gasteiger partial charge in [0.25, 0.3) is 11.8 Å². The summed E-state index contributed by atoms with van der Waals surface area (Å²) in [5.41, 5.74) is 5.35. The first-order valence-corrected chi connectivity index (χ1v) is 14.2. The molecule has 0 unspecified atom stereocenters. The van der Waals surface area contributed by atoms with Crippen molar-refractivity contribution < 1.29 is 18.0 Å². The molecule has 0 bridgehead atoms. The molecule has 9 heteroatoms. The molecule has 0 radical (unpaired) electrons. The average molecular weight is 543 g/mol. The van der Waals surface area contributed by atoms with Crippen molar-refractivity contribution in [3.63, 3.8) is 0 Å². The van der Waals surface area contributed by atoms with Gasteiger partial charge in [0.1, 0.15) is 0 Å². The van der Waals surface area contributed by atoms with E-state index in [1.54, 1.807) is 73.1 Å². The third kappa shape index (κ3) is 7.08. The lowest BCUT2D eigenvalue weighted by molar-refractivity contribution is 0.0951. The number of para-hydroxylation sites is 1. The summed E-state index contributed by atoms with van der Waals surface area (Å²) in [4.78, 5) is 29.8. The predicted octanol–water partition coefficient (Wildman–Crippen LogP) is 4.85. The molecular formula is C30H30N4O4S. The Labute approximate surface area is 228 Å². The molecule has 2 N–H and O–H groups in total. The number of carbonyl (C=O) groups excluding carboxylic acids is 2. The van der Waals surface area contributed by atoms with Crippen LogP contribution in [0.4, 0.5) is 11.4 Å². The van der Waals surface area contributed by atoms with Crippen LogP contribution in [0.2, 0.25) is 0 Å². The van der Waals surface area contributed by atoms with Crippen LogP contribution in [0.5, 0.6) is 0 Å². The Morgan fingerprint density at radius 2 is 1.59 bits per heavy atom. The molecule has 200 valence electrons. The fraction of sp³-hybridized carbons (Fsp3) is 0.167. The van der Waals surface area contributed by atoms with Crippen LogP contribution in [0.15, 0.2) is 91.3 Å². The summed E-state index contributed by atoms with van der Waals surface area (Å²) in [6.07, 6.45) is 4.51. The van der Waals surface area contributed by atoms with E-state index in [-0.39, 0.29) is 18.4 Å². The average Bonchev–Trinajstić information content (AvgIpc) is 2.92. The third-order valence-electron chi connectivity index (χ3n) is 6.32. The van der Waals surface area contributed by atoms with Crippen LogP contribution in [0.1, 0.15) is 43.0 Å². The van der Waals surface area contributed by atoms with Gasteiger partial charge in [0.2, 0.25) is 10.0 Å². The van der Waals surface area contributed by atoms with E-state index in [4.69, 9.17) is 0 Å². The van der Waals surface area contributed by atoms with Crippen LogP contribution in [-0.2, 0) is 23.1 Å². The number of rotatable bonds is 9. The molecule has 4 aromatic rings. The zero-order valence-corrected chi connectivity index (χ0v) is 22.8. The monoisotopic (exact) mass is 542 g/mol. The van der Waals surface area contributed by atoms with E-state index in [2.05, 4.69) is 15.6 Å². The summed E-state index contributed by atoms with van der Waals surface area (Å²) in [7, 11) is -3.54. The number of anilines is 2. The highest BCUT2D eigenvalue weighted by Gasteiger charge is 2.19. The van der Waals surface area contributed by atoms with Crippen molar-refractivity contribution >= 4 is 33.2 Å². The number of hydrogen-bond acceptors (Lipinski definition) is 5. The van der Waals surface area contributed by atoms with Gasteiger partial charge in [-0.3, -0.25) is 18.9 Å². The van der Waals surface area contributed by atoms with E-state index in [0.29, 0.717) is 29.0 Å². The van der Waals surface area contributed by atoms with Gasteiger partial charge in [-0.2, -0.15) is 0 Å². The molecule has 39 heavy (non-hydrogen) atoms. The smallest absolute Gasteiger partial charge is 0.255 e. The van der Waals surface area contributed by atoms with Gasteiger partial charge in [-0.15, -0.1) is 0 Å². The summed E-state index contributed by atoms with van der Waals surface area (Å²) in [5.74, 6) is -0.708. The molecule has 0 spiro atoms. The lowest BCUT2D eigenvalue weighted by atomic mass is 10.1. The summed E-state index contributed by atoms with van der Waals surface area (Å²) in [5, 5.41) is 5.65. The Balaban J connectivity index is 1.46. The highest BCUT2D eigenvalue weighted by Crippen LogP contribution is 2.24. The first-order valence-electron chi connectivity index (χ1n) is 12.3. The Morgan fingerprint density at radius 1 is 0.846 bits per heavy atom. The topological polar surface area (TPSA) is 108 Å². The molecule has 3 aromatic carbocycles. The highest BCUT2D eigenvalue weighted by atomic mass is 32.2. The van der Waals surface area contributed by atoms with Gasteiger partial charge in [0.05, 0.1) is 29.7 Å². The van der Waals surface area contributed by atoms with E-state index >= 15 is 0 Å². The summed E-state index contributed by atoms with van der Waals surface area (Å²) < 4.78 is 26.4. The van der Waals surface area contributed by atoms with Crippen molar-refractivity contribution in [2.45, 2.75) is 26.9 Å². The normalized spacial score (nSPS) is 11.1. The van der Waals surface area contributed by atoms with Crippen LogP contribution in [0, 0.1) is 13.8 Å². The van der Waals surface area contributed by atoms with Crippen molar-refractivity contribution in [1.82, 2.24) is 10.3 Å². The van der Waals surface area contributed by atoms with E-state index in [1.165, 1.54) is 10.6 Å². The molecule has 1 heterocycles. The zero-order chi connectivity index (χ0) is 28.0. The molecule has 4 rings (SSSR count). The zero-order valence-electron chi connectivity index (χ0n) is 22.0. The van der Waals surface area contributed by atoms with Crippen LogP contribution >= 0.6 is 0 Å². The number of nitrogens with zero attached hydrogens (tertiary/aromatic N) is 2. The lowest BCUT2D eigenvalue weighted by Gasteiger charge is -2.23. The molecule has 0 aliphatic rings. The predicted molar refractivity (Wildman–Crippen MR) is 153 cm³/mol. The molecule has 0 saturated heterocycles. The Morgan fingerprint density at radius 3 is 2.26 bits per heavy atom. The van der Waals surface area contributed by atoms with Crippen LogP contribution in [0.3, 0.4) is 0 Å². The minimum absolute atomic E-state index is 0.128. The maximum Gasteiger partial charge on any atom is 0.255 e. The largest absolute Gasteiger partial charge is 0.348 e. The van der Waals surface area contributed by atoms with E-state index in [1.807, 2.05) is 32.0 Å². The quantitative estimate of drug-likeness (QED) is 0.314. The molecule has 0 aliphatic carbocycles. The third-order valence-corrected chi connectivity index (χ3v) is 7.46. The number of hydrogen-bond donors (Lipinski definition) is 2. The Hall–Kier alpha value is -4.50. The van der Waals surface area contributed by atoms with Gasteiger partial charge in [0, 0.05) is 24.5 Å². The molecule has 0 atom stereocenters. The maximum atomic E-state index is 13.0. The minimum Gasteiger partial charge on any atom is -0.348 e. The van der Waals surface area contributed by atoms with Crippen molar-refractivity contribution in [1.29, 1.82) is 0 Å². The first-order chi connectivity index (χ1) is 18.6. The van der Waals surface area contributed by atoms with Crippen molar-refractivity contribution in [3.8, 4) is 0 Å². The number of sulfonamides is 1. The van der Waals surface area contributed by atoms with Gasteiger partial charge in [-0.05, 0) is 78.6 Å². The lowest BCUT2D eigenvalue weighted by Crippen LogP contribution is -2.29. The number of pyridine rings is 1. The minimum atomic E-state index is -3.54. The fourth-order valence-corrected chi connectivity index (χ4v) is 4.85. The molecule has 2 amide bonds. The second-order valence-corrected chi connectivity index (χ2v) is 11.2. The number of benzene rings is 3. The fourth-order valence-electron chi connectivity index (χ4n) is 3.97. The van der Waals surface area contributed by atoms with Gasteiger partial charge in [-0.25, -0.2) is 8.42 Å². The molecule has 0 aliphatic heterocycles. The van der Waals surface area contributed by atoms with Gasteiger partial charge < -0.3 is 10.6 Å². The van der Waals surface area contributed by atoms with E-state index in [9.17, 15) is 18.0 Å². The molecule has 1 aromatic heterocycles. The standard InChI is InChI=1S/C30H30N4O4S/c1-21-10-15-26(17-22(21)2)34(39(3,37)38)20-23-11-13-25(14-12-23)29(35)33-28-9-5-4-8-27(28)30(36)32-19-24-7-6-16-31-18-24/h4-18H,19-20H2,1-3H3,(H,32,36)(H,33,35). The second-order valence-electron chi connectivity index (χ2n) is 9.28. The van der Waals surface area contributed by atoms with Gasteiger partial charge in [0.15, 0.2) is 0 Å². The van der Waals surface area contributed by atoms with Crippen LogP contribution in [0.25, 0.3) is 0 Å². The number of aromatic nitrogens is 1. The number of aryl methyl sites for hydroxylation is 2. The van der Waals surface area contributed by atoms with Crippen molar-refractivity contribution in [3.05, 3.63) is 125 Å². The van der Waals surface area contributed by atoms with Crippen LogP contribution in [-0.4, -0.2) is 31.5 Å². The number of carbonyl (C=O) groups is 2. The van der Waals surface area contributed by atoms with Gasteiger partial charge >= 0.3 is 0 Å². The number of nitrogens with one attached hydrogen (secondary N) is 2. The number of amides is 2. The van der Waals surface area contributed by atoms with Gasteiger partial charge in [-0.1, -0.05) is 36.4 Å².